The molecule has 2 amide bonds. The second-order valence-corrected chi connectivity index (χ2v) is 18.9. The van der Waals surface area contributed by atoms with Crippen molar-refractivity contribution in [3.63, 3.8) is 0 Å². The fourth-order valence-electron chi connectivity index (χ4n) is 9.41. The number of benzene rings is 1. The molecule has 1 unspecified atom stereocenters. The summed E-state index contributed by atoms with van der Waals surface area (Å²) in [5.74, 6) is 0.927. The predicted octanol–water partition coefficient (Wildman–Crippen LogP) is 4.11. The highest BCUT2D eigenvalue weighted by Gasteiger charge is 2.30. The molecule has 18 heteroatoms. The van der Waals surface area contributed by atoms with Crippen LogP contribution in [0.25, 0.3) is 22.5 Å². The van der Waals surface area contributed by atoms with Gasteiger partial charge in [0, 0.05) is 81.0 Å². The van der Waals surface area contributed by atoms with Crippen LogP contribution in [0, 0.1) is 17.2 Å². The number of nitrogens with zero attached hydrogens (tertiary/aromatic N) is 11. The number of carbonyl (C=O) groups is 2. The van der Waals surface area contributed by atoms with Crippen molar-refractivity contribution < 1.29 is 18.0 Å². The maximum absolute atomic E-state index is 12.3. The lowest BCUT2D eigenvalue weighted by Gasteiger charge is -2.37. The number of piperidine rings is 2. The van der Waals surface area contributed by atoms with Gasteiger partial charge in [0.05, 0.1) is 47.7 Å². The quantitative estimate of drug-likeness (QED) is 0.180. The van der Waals surface area contributed by atoms with Gasteiger partial charge in [-0.05, 0) is 87.6 Å². The van der Waals surface area contributed by atoms with Crippen LogP contribution < -0.4 is 15.5 Å². The third-order valence-electron chi connectivity index (χ3n) is 13.1. The van der Waals surface area contributed by atoms with E-state index >= 15 is 0 Å². The van der Waals surface area contributed by atoms with Crippen LogP contribution in [0.4, 0.5) is 11.4 Å². The number of rotatable bonds is 11. The fraction of sp³-hybridized carbons (Fsp3) is 0.488. The van der Waals surface area contributed by atoms with Crippen molar-refractivity contribution in [1.82, 2.24) is 49.3 Å². The van der Waals surface area contributed by atoms with Gasteiger partial charge in [-0.3, -0.25) is 19.8 Å². The molecule has 3 saturated heterocycles. The summed E-state index contributed by atoms with van der Waals surface area (Å²) in [6, 6.07) is 14.1. The van der Waals surface area contributed by atoms with Gasteiger partial charge in [-0.2, -0.15) is 15.0 Å². The van der Waals surface area contributed by atoms with Gasteiger partial charge in [0.2, 0.25) is 21.8 Å². The van der Waals surface area contributed by atoms with E-state index in [1.807, 2.05) is 24.4 Å². The van der Waals surface area contributed by atoms with Crippen molar-refractivity contribution in [2.75, 3.05) is 62.3 Å². The minimum absolute atomic E-state index is 0.0331. The van der Waals surface area contributed by atoms with E-state index in [1.54, 1.807) is 27.8 Å². The van der Waals surface area contributed by atoms with Gasteiger partial charge >= 0.3 is 0 Å². The van der Waals surface area contributed by atoms with Crippen LogP contribution >= 0.6 is 0 Å². The zero-order chi connectivity index (χ0) is 42.1. The molecule has 9 rings (SSSR count). The first-order valence-electron chi connectivity index (χ1n) is 21.4. The molecule has 3 aliphatic heterocycles. The number of amides is 2. The summed E-state index contributed by atoms with van der Waals surface area (Å²) in [5, 5.41) is 30.0. The molecular formula is C43H51N13O4S. The van der Waals surface area contributed by atoms with E-state index < -0.39 is 10.0 Å². The zero-order valence-corrected chi connectivity index (χ0v) is 35.2. The van der Waals surface area contributed by atoms with Crippen LogP contribution in [-0.4, -0.2) is 122 Å². The Balaban J connectivity index is 0.801. The minimum Gasteiger partial charge on any atom is -0.380 e. The van der Waals surface area contributed by atoms with Gasteiger partial charge in [-0.15, -0.1) is 5.10 Å². The van der Waals surface area contributed by atoms with Gasteiger partial charge in [0.25, 0.3) is 0 Å². The van der Waals surface area contributed by atoms with Crippen LogP contribution in [0.2, 0.25) is 0 Å². The smallest absolute Gasteiger partial charge is 0.234 e. The Hall–Kier alpha value is -5.77. The van der Waals surface area contributed by atoms with E-state index in [1.165, 1.54) is 28.9 Å². The predicted molar refractivity (Wildman–Crippen MR) is 229 cm³/mol. The summed E-state index contributed by atoms with van der Waals surface area (Å²) in [6.45, 7) is 5.98. The molecule has 1 aliphatic carbocycles. The summed E-state index contributed by atoms with van der Waals surface area (Å²) < 4.78 is 29.4. The summed E-state index contributed by atoms with van der Waals surface area (Å²) in [5.41, 5.74) is 5.68. The number of nitrogens with one attached hydrogen (secondary N) is 2. The van der Waals surface area contributed by atoms with Crippen LogP contribution in [0.3, 0.4) is 0 Å². The Bertz CT molecular complexity index is 2540. The Morgan fingerprint density at radius 3 is 2.39 bits per heavy atom. The fourth-order valence-corrected chi connectivity index (χ4v) is 10.3. The molecule has 318 valence electrons. The van der Waals surface area contributed by atoms with E-state index in [0.717, 1.165) is 86.4 Å². The Kier molecular flexibility index (Phi) is 11.5. The van der Waals surface area contributed by atoms with E-state index in [9.17, 15) is 23.3 Å². The standard InChI is InChI=1S/C43H51N13O4S/c1-61(59,60)54-16-13-34(14-17-54)48-37-23-40(56-42-33(26-47-56)22-30(24-44)25-46-42)45-27-39(37)55-28-38(50-51-55)32-4-2-29(3-5-32)12-15-52-18-20-53(21-19-52)35-8-6-31(7-9-35)36-10-11-41(57)49-43(36)58/h6-9,22-23,25-29,32,34,36H,2-5,10-21H2,1H3,(H,45,48)(H,49,57,58). The van der Waals surface area contributed by atoms with E-state index in [-0.39, 0.29) is 23.8 Å². The third-order valence-corrected chi connectivity index (χ3v) is 14.4. The lowest BCUT2D eigenvalue weighted by Crippen LogP contribution is -2.47. The summed E-state index contributed by atoms with van der Waals surface area (Å²) in [7, 11) is -3.26. The first-order valence-corrected chi connectivity index (χ1v) is 23.2. The molecule has 4 fully saturated rings. The van der Waals surface area contributed by atoms with Crippen molar-refractivity contribution in [2.45, 2.75) is 75.7 Å². The SMILES string of the molecule is CS(=O)(=O)N1CCC(Nc2cc(-n3ncc4cc(C#N)cnc43)ncc2-n2cc(C3CCC(CCN4CCN(c5ccc(C6CCC(=O)NC6=O)cc5)CC4)CC3)nn2)CC1. The Labute approximate surface area is 355 Å². The van der Waals surface area contributed by atoms with E-state index in [4.69, 9.17) is 4.98 Å². The molecule has 0 spiro atoms. The van der Waals surface area contributed by atoms with Crippen LogP contribution in [-0.2, 0) is 19.6 Å². The van der Waals surface area contributed by atoms with E-state index in [2.05, 4.69) is 59.0 Å². The minimum atomic E-state index is -3.26. The number of hydrogen-bond acceptors (Lipinski definition) is 13. The Morgan fingerprint density at radius 1 is 0.902 bits per heavy atom. The monoisotopic (exact) mass is 845 g/mol. The molecular weight excluding hydrogens is 795 g/mol. The van der Waals surface area contributed by atoms with Crippen molar-refractivity contribution >= 4 is 44.2 Å². The zero-order valence-electron chi connectivity index (χ0n) is 34.4. The van der Waals surface area contributed by atoms with E-state index in [0.29, 0.717) is 67.6 Å². The third kappa shape index (κ3) is 9.00. The number of piperazine rings is 1. The molecule has 2 N–H and O–H groups in total. The van der Waals surface area contributed by atoms with Gasteiger partial charge in [0.1, 0.15) is 11.8 Å². The molecule has 0 radical (unpaired) electrons. The second kappa shape index (κ2) is 17.3. The van der Waals surface area contributed by atoms with Crippen LogP contribution in [0.1, 0.15) is 86.4 Å². The second-order valence-electron chi connectivity index (χ2n) is 17.0. The molecule has 1 saturated carbocycles. The topological polar surface area (TPSA) is 200 Å². The molecule has 1 aromatic carbocycles. The van der Waals surface area contributed by atoms with Crippen molar-refractivity contribution in [3.8, 4) is 17.6 Å². The first kappa shape index (κ1) is 40.6. The van der Waals surface area contributed by atoms with Gasteiger partial charge in [-0.1, -0.05) is 17.3 Å². The normalized spacial score (nSPS) is 22.3. The van der Waals surface area contributed by atoms with Crippen LogP contribution in [0.5, 0.6) is 0 Å². The highest BCUT2D eigenvalue weighted by molar-refractivity contribution is 7.88. The number of fused-ring (bicyclic) bond motifs is 1. The number of imide groups is 1. The number of carbonyl (C=O) groups excluding carboxylic acids is 2. The number of pyridine rings is 2. The number of anilines is 2. The lowest BCUT2D eigenvalue weighted by atomic mass is 9.79. The molecule has 4 aromatic heterocycles. The lowest BCUT2D eigenvalue weighted by molar-refractivity contribution is -0.134. The molecule has 1 atom stereocenters. The average molecular weight is 846 g/mol. The summed E-state index contributed by atoms with van der Waals surface area (Å²) >= 11 is 0. The molecule has 7 heterocycles. The van der Waals surface area contributed by atoms with Gasteiger partial charge in [-0.25, -0.2) is 27.4 Å². The molecule has 0 bridgehead atoms. The molecule has 5 aromatic rings. The number of nitriles is 1. The van der Waals surface area contributed by atoms with Crippen molar-refractivity contribution in [2.24, 2.45) is 5.92 Å². The van der Waals surface area contributed by atoms with Gasteiger partial charge in [0.15, 0.2) is 11.5 Å². The molecule has 17 nitrogen and oxygen atoms in total. The number of hydrogen-bond donors (Lipinski definition) is 2. The largest absolute Gasteiger partial charge is 0.380 e. The maximum atomic E-state index is 12.3. The number of aromatic nitrogens is 7. The Morgan fingerprint density at radius 2 is 1.67 bits per heavy atom. The van der Waals surface area contributed by atoms with Crippen molar-refractivity contribution in [1.29, 1.82) is 5.26 Å². The maximum Gasteiger partial charge on any atom is 0.234 e. The molecule has 61 heavy (non-hydrogen) atoms. The number of sulfonamides is 1. The highest BCUT2D eigenvalue weighted by Crippen LogP contribution is 2.37. The summed E-state index contributed by atoms with van der Waals surface area (Å²) in [6.07, 6.45) is 16.1. The van der Waals surface area contributed by atoms with Crippen molar-refractivity contribution in [3.05, 3.63) is 78.0 Å². The van der Waals surface area contributed by atoms with Gasteiger partial charge < -0.3 is 10.2 Å². The first-order chi connectivity index (χ1) is 29.6. The highest BCUT2D eigenvalue weighted by atomic mass is 32.2. The molecule has 4 aliphatic rings. The summed E-state index contributed by atoms with van der Waals surface area (Å²) in [4.78, 5) is 38.1. The van der Waals surface area contributed by atoms with Crippen LogP contribution in [0.15, 0.2) is 61.2 Å². The average Bonchev–Trinajstić information content (AvgIpc) is 3.94.